The Labute approximate surface area is 106 Å². The van der Waals surface area contributed by atoms with Crippen LogP contribution in [0, 0.1) is 11.8 Å². The van der Waals surface area contributed by atoms with E-state index in [9.17, 15) is 4.79 Å². The number of aliphatic hydroxyl groups is 1. The maximum atomic E-state index is 12.0. The number of rotatable bonds is 3. The number of fused-ring (bicyclic) bond motifs is 1. The van der Waals surface area contributed by atoms with Gasteiger partial charge in [0.2, 0.25) is 0 Å². The summed E-state index contributed by atoms with van der Waals surface area (Å²) >= 11 is 0. The van der Waals surface area contributed by atoms with Crippen molar-refractivity contribution < 1.29 is 14.6 Å². The van der Waals surface area contributed by atoms with Crippen LogP contribution in [0.25, 0.3) is 0 Å². The molecule has 1 amide bonds. The molecule has 0 unspecified atom stereocenters. The highest BCUT2D eigenvalue weighted by Gasteiger charge is 2.38. The molecule has 0 radical (unpaired) electrons. The predicted octanol–water partition coefficient (Wildman–Crippen LogP) is 1.81. The van der Waals surface area contributed by atoms with Crippen molar-refractivity contribution >= 4 is 11.8 Å². The summed E-state index contributed by atoms with van der Waals surface area (Å²) in [5.74, 6) is 0.695. The topological polar surface area (TPSA) is 49.8 Å². The Hall–Kier alpha value is -1.55. The molecule has 1 aliphatic carbocycles. The summed E-state index contributed by atoms with van der Waals surface area (Å²) in [7, 11) is 0. The fourth-order valence-corrected chi connectivity index (χ4v) is 2.52. The average molecular weight is 247 g/mol. The maximum Gasteiger partial charge on any atom is 0.414 e. The van der Waals surface area contributed by atoms with E-state index in [0.29, 0.717) is 25.0 Å². The van der Waals surface area contributed by atoms with Crippen LogP contribution < -0.4 is 4.90 Å². The Morgan fingerprint density at radius 3 is 3.00 bits per heavy atom. The smallest absolute Gasteiger partial charge is 0.414 e. The molecule has 4 nitrogen and oxygen atoms in total. The summed E-state index contributed by atoms with van der Waals surface area (Å²) < 4.78 is 5.31. The molecule has 3 rings (SSSR count). The average Bonchev–Trinajstić information content (AvgIpc) is 3.04. The summed E-state index contributed by atoms with van der Waals surface area (Å²) in [6.45, 7) is 1.34. The van der Waals surface area contributed by atoms with Crippen molar-refractivity contribution in [2.45, 2.75) is 12.8 Å². The molecule has 1 aliphatic heterocycles. The van der Waals surface area contributed by atoms with Gasteiger partial charge in [0.1, 0.15) is 0 Å². The molecular formula is C14H17NO3. The zero-order valence-electron chi connectivity index (χ0n) is 10.2. The van der Waals surface area contributed by atoms with Crippen LogP contribution in [0.2, 0.25) is 0 Å². The van der Waals surface area contributed by atoms with Crippen LogP contribution in [0.3, 0.4) is 0 Å². The highest BCUT2D eigenvalue weighted by Crippen LogP contribution is 2.38. The molecule has 4 heteroatoms. The second-order valence-corrected chi connectivity index (χ2v) is 5.05. The van der Waals surface area contributed by atoms with Crippen LogP contribution in [-0.4, -0.2) is 31.0 Å². The summed E-state index contributed by atoms with van der Waals surface area (Å²) in [5, 5.41) is 8.93. The lowest BCUT2D eigenvalue weighted by Gasteiger charge is -2.16. The first-order chi connectivity index (χ1) is 8.79. The SMILES string of the molecule is O=C(OC[C@H]1C[C@@H]1CO)N1CCc2ccccc21. The number of ether oxygens (including phenoxy) is 1. The summed E-state index contributed by atoms with van der Waals surface area (Å²) in [6, 6.07) is 7.93. The van der Waals surface area contributed by atoms with E-state index in [-0.39, 0.29) is 12.7 Å². The minimum atomic E-state index is -0.261. The number of hydrogen-bond acceptors (Lipinski definition) is 3. The first kappa shape index (κ1) is 11.5. The number of benzene rings is 1. The fourth-order valence-electron chi connectivity index (χ4n) is 2.52. The van der Waals surface area contributed by atoms with Gasteiger partial charge in [-0.25, -0.2) is 4.79 Å². The fraction of sp³-hybridized carbons (Fsp3) is 0.500. The molecule has 1 aromatic rings. The molecule has 18 heavy (non-hydrogen) atoms. The van der Waals surface area contributed by atoms with Crippen molar-refractivity contribution in [3.05, 3.63) is 29.8 Å². The second-order valence-electron chi connectivity index (χ2n) is 5.05. The van der Waals surface area contributed by atoms with E-state index in [4.69, 9.17) is 9.84 Å². The van der Waals surface area contributed by atoms with Crippen LogP contribution in [0.5, 0.6) is 0 Å². The third-order valence-electron chi connectivity index (χ3n) is 3.83. The molecule has 1 heterocycles. The first-order valence-electron chi connectivity index (χ1n) is 6.42. The number of carbonyl (C=O) groups is 1. The quantitative estimate of drug-likeness (QED) is 0.886. The number of amides is 1. The Kier molecular flexibility index (Phi) is 2.96. The van der Waals surface area contributed by atoms with Gasteiger partial charge in [0.05, 0.1) is 12.3 Å². The van der Waals surface area contributed by atoms with E-state index < -0.39 is 0 Å². The van der Waals surface area contributed by atoms with Gasteiger partial charge in [-0.1, -0.05) is 18.2 Å². The number of anilines is 1. The molecule has 0 aromatic heterocycles. The van der Waals surface area contributed by atoms with Gasteiger partial charge in [-0.2, -0.15) is 0 Å². The lowest BCUT2D eigenvalue weighted by Crippen LogP contribution is -2.30. The monoisotopic (exact) mass is 247 g/mol. The maximum absolute atomic E-state index is 12.0. The number of aliphatic hydroxyl groups excluding tert-OH is 1. The number of carbonyl (C=O) groups excluding carboxylic acids is 1. The Morgan fingerprint density at radius 2 is 2.22 bits per heavy atom. The van der Waals surface area contributed by atoms with Crippen LogP contribution in [-0.2, 0) is 11.2 Å². The molecule has 96 valence electrons. The van der Waals surface area contributed by atoms with Crippen molar-refractivity contribution in [3.8, 4) is 0 Å². The van der Waals surface area contributed by atoms with E-state index in [2.05, 4.69) is 0 Å². The minimum Gasteiger partial charge on any atom is -0.449 e. The third-order valence-corrected chi connectivity index (χ3v) is 3.83. The van der Waals surface area contributed by atoms with E-state index in [1.807, 2.05) is 24.3 Å². The predicted molar refractivity (Wildman–Crippen MR) is 67.5 cm³/mol. The third kappa shape index (κ3) is 2.08. The standard InChI is InChI=1S/C14H17NO3/c16-8-11-7-12(11)9-18-14(17)15-6-5-10-3-1-2-4-13(10)15/h1-4,11-12,16H,5-9H2/t11-,12-/m1/s1. The molecule has 1 N–H and O–H groups in total. The molecule has 1 aromatic carbocycles. The van der Waals surface area contributed by atoms with Gasteiger partial charge in [-0.15, -0.1) is 0 Å². The van der Waals surface area contributed by atoms with Crippen molar-refractivity contribution in [1.82, 2.24) is 0 Å². The van der Waals surface area contributed by atoms with Gasteiger partial charge in [-0.05, 0) is 36.3 Å². The number of para-hydroxylation sites is 1. The highest BCUT2D eigenvalue weighted by molar-refractivity contribution is 5.90. The van der Waals surface area contributed by atoms with Crippen LogP contribution in [0.1, 0.15) is 12.0 Å². The Morgan fingerprint density at radius 1 is 1.39 bits per heavy atom. The van der Waals surface area contributed by atoms with Gasteiger partial charge < -0.3 is 9.84 Å². The van der Waals surface area contributed by atoms with Crippen molar-refractivity contribution in [2.24, 2.45) is 11.8 Å². The van der Waals surface area contributed by atoms with Crippen LogP contribution >= 0.6 is 0 Å². The summed E-state index contributed by atoms with van der Waals surface area (Å²) in [5.41, 5.74) is 2.17. The zero-order chi connectivity index (χ0) is 12.5. The zero-order valence-corrected chi connectivity index (χ0v) is 10.2. The van der Waals surface area contributed by atoms with Crippen LogP contribution in [0.4, 0.5) is 10.5 Å². The minimum absolute atomic E-state index is 0.203. The van der Waals surface area contributed by atoms with Crippen molar-refractivity contribution in [2.75, 3.05) is 24.7 Å². The summed E-state index contributed by atoms with van der Waals surface area (Å²) in [4.78, 5) is 13.7. The molecule has 0 spiro atoms. The summed E-state index contributed by atoms with van der Waals surface area (Å²) in [6.07, 6.45) is 1.61. The first-order valence-corrected chi connectivity index (χ1v) is 6.42. The lowest BCUT2D eigenvalue weighted by atomic mass is 10.2. The largest absolute Gasteiger partial charge is 0.449 e. The van der Waals surface area contributed by atoms with Gasteiger partial charge in [0.15, 0.2) is 0 Å². The molecule has 1 fully saturated rings. The van der Waals surface area contributed by atoms with Gasteiger partial charge in [0.25, 0.3) is 0 Å². The van der Waals surface area contributed by atoms with E-state index in [1.54, 1.807) is 4.90 Å². The second kappa shape index (κ2) is 4.61. The van der Waals surface area contributed by atoms with Gasteiger partial charge in [-0.3, -0.25) is 4.90 Å². The van der Waals surface area contributed by atoms with Gasteiger partial charge >= 0.3 is 6.09 Å². The number of hydrogen-bond donors (Lipinski definition) is 1. The molecule has 1 saturated carbocycles. The van der Waals surface area contributed by atoms with E-state index in [0.717, 1.165) is 18.5 Å². The molecule has 2 aliphatic rings. The Balaban J connectivity index is 1.58. The molecule has 0 bridgehead atoms. The number of nitrogens with zero attached hydrogens (tertiary/aromatic N) is 1. The van der Waals surface area contributed by atoms with Crippen molar-refractivity contribution in [1.29, 1.82) is 0 Å². The van der Waals surface area contributed by atoms with Crippen molar-refractivity contribution in [3.63, 3.8) is 0 Å². The molecule has 2 atom stereocenters. The lowest BCUT2D eigenvalue weighted by molar-refractivity contribution is 0.144. The Bertz CT molecular complexity index is 460. The van der Waals surface area contributed by atoms with E-state index >= 15 is 0 Å². The highest BCUT2D eigenvalue weighted by atomic mass is 16.6. The molecular weight excluding hydrogens is 230 g/mol. The van der Waals surface area contributed by atoms with Gasteiger partial charge in [0, 0.05) is 13.2 Å². The van der Waals surface area contributed by atoms with Crippen LogP contribution in [0.15, 0.2) is 24.3 Å². The van der Waals surface area contributed by atoms with E-state index in [1.165, 1.54) is 5.56 Å². The molecule has 0 saturated heterocycles. The normalized spacial score (nSPS) is 24.8.